The first-order valence-corrected chi connectivity index (χ1v) is 5.11. The Morgan fingerprint density at radius 3 is 3.09 bits per heavy atom. The highest BCUT2D eigenvalue weighted by Gasteiger charge is 2.12. The summed E-state index contributed by atoms with van der Waals surface area (Å²) in [6.45, 7) is 3.45. The van der Waals surface area contributed by atoms with Crippen LogP contribution in [0.1, 0.15) is 19.3 Å². The van der Waals surface area contributed by atoms with E-state index in [2.05, 4.69) is 23.3 Å². The molecule has 0 aromatic carbocycles. The average Bonchev–Trinajstić information content (AvgIpc) is 2.50. The first-order valence-electron chi connectivity index (χ1n) is 4.48. The number of hydrogen-bond acceptors (Lipinski definition) is 3. The Morgan fingerprint density at radius 2 is 2.45 bits per heavy atom. The Hall–Kier alpha value is 0.270. The van der Waals surface area contributed by atoms with Crippen molar-refractivity contribution in [2.24, 2.45) is 0 Å². The van der Waals surface area contributed by atoms with Crippen LogP contribution in [0.15, 0.2) is 0 Å². The highest BCUT2D eigenvalue weighted by atomic mass is 32.1. The molecule has 1 unspecified atom stereocenters. The highest BCUT2D eigenvalue weighted by Crippen LogP contribution is 2.02. The van der Waals surface area contributed by atoms with Crippen LogP contribution in [0, 0.1) is 0 Å². The Labute approximate surface area is 74.5 Å². The largest absolute Gasteiger partial charge is 0.315 e. The fraction of sp³-hybridized carbons (Fsp3) is 1.00. The first-order chi connectivity index (χ1) is 5.43. The summed E-state index contributed by atoms with van der Waals surface area (Å²) in [7, 11) is 0. The summed E-state index contributed by atoms with van der Waals surface area (Å²) in [4.78, 5) is 0. The van der Waals surface area contributed by atoms with E-state index in [1.165, 1.54) is 25.8 Å². The van der Waals surface area contributed by atoms with Gasteiger partial charge < -0.3 is 10.6 Å². The normalized spacial score (nSPS) is 24.3. The van der Waals surface area contributed by atoms with Crippen LogP contribution >= 0.6 is 12.6 Å². The van der Waals surface area contributed by atoms with Gasteiger partial charge in [-0.15, -0.1) is 0 Å². The third-order valence-corrected chi connectivity index (χ3v) is 2.38. The van der Waals surface area contributed by atoms with Crippen molar-refractivity contribution < 1.29 is 0 Å². The lowest BCUT2D eigenvalue weighted by molar-refractivity contribution is 0.536. The van der Waals surface area contributed by atoms with Gasteiger partial charge in [0, 0.05) is 12.6 Å². The molecule has 0 spiro atoms. The summed E-state index contributed by atoms with van der Waals surface area (Å²) in [6, 6.07) is 0.731. The van der Waals surface area contributed by atoms with Crippen LogP contribution in [0.5, 0.6) is 0 Å². The number of rotatable bonds is 5. The van der Waals surface area contributed by atoms with Crippen LogP contribution in [-0.4, -0.2) is 31.4 Å². The molecule has 1 atom stereocenters. The van der Waals surface area contributed by atoms with Crippen molar-refractivity contribution in [1.29, 1.82) is 0 Å². The van der Waals surface area contributed by atoms with Crippen molar-refractivity contribution in [2.75, 3.05) is 25.4 Å². The molecule has 0 aromatic rings. The van der Waals surface area contributed by atoms with Crippen LogP contribution < -0.4 is 10.6 Å². The SMILES string of the molecule is SCCCNCC1CCCN1. The van der Waals surface area contributed by atoms with Gasteiger partial charge in [0.1, 0.15) is 0 Å². The maximum Gasteiger partial charge on any atom is 0.0192 e. The molecule has 3 heteroatoms. The van der Waals surface area contributed by atoms with Gasteiger partial charge in [-0.25, -0.2) is 0 Å². The molecule has 1 aliphatic heterocycles. The van der Waals surface area contributed by atoms with E-state index in [1.807, 2.05) is 0 Å². The third-order valence-electron chi connectivity index (χ3n) is 2.06. The lowest BCUT2D eigenvalue weighted by Crippen LogP contribution is -2.34. The van der Waals surface area contributed by atoms with Crippen LogP contribution in [0.2, 0.25) is 0 Å². The third kappa shape index (κ3) is 3.99. The Balaban J connectivity index is 1.86. The molecule has 1 rings (SSSR count). The minimum absolute atomic E-state index is 0.731. The molecule has 1 saturated heterocycles. The molecule has 11 heavy (non-hydrogen) atoms. The summed E-state index contributed by atoms with van der Waals surface area (Å²) >= 11 is 4.15. The topological polar surface area (TPSA) is 24.1 Å². The summed E-state index contributed by atoms with van der Waals surface area (Å²) in [5.74, 6) is 0.991. The Kier molecular flexibility index (Phi) is 4.99. The van der Waals surface area contributed by atoms with Crippen molar-refractivity contribution in [3.8, 4) is 0 Å². The van der Waals surface area contributed by atoms with Crippen molar-refractivity contribution in [1.82, 2.24) is 10.6 Å². The molecule has 2 N–H and O–H groups in total. The summed E-state index contributed by atoms with van der Waals surface area (Å²) in [5.41, 5.74) is 0. The van der Waals surface area contributed by atoms with E-state index in [0.717, 1.165) is 24.9 Å². The van der Waals surface area contributed by atoms with Gasteiger partial charge in [-0.05, 0) is 38.1 Å². The van der Waals surface area contributed by atoms with E-state index in [1.54, 1.807) is 0 Å². The van der Waals surface area contributed by atoms with Gasteiger partial charge >= 0.3 is 0 Å². The number of thiol groups is 1. The van der Waals surface area contributed by atoms with Crippen molar-refractivity contribution in [2.45, 2.75) is 25.3 Å². The van der Waals surface area contributed by atoms with Crippen molar-refractivity contribution in [3.05, 3.63) is 0 Å². The molecular formula is C8H18N2S. The van der Waals surface area contributed by atoms with Gasteiger partial charge in [0.15, 0.2) is 0 Å². The zero-order valence-electron chi connectivity index (χ0n) is 6.97. The molecule has 0 saturated carbocycles. The molecule has 1 aliphatic rings. The van der Waals surface area contributed by atoms with Gasteiger partial charge in [-0.1, -0.05) is 0 Å². The zero-order chi connectivity index (χ0) is 7.94. The molecule has 0 aromatic heterocycles. The van der Waals surface area contributed by atoms with E-state index < -0.39 is 0 Å². The van der Waals surface area contributed by atoms with E-state index in [0.29, 0.717) is 0 Å². The van der Waals surface area contributed by atoms with Gasteiger partial charge in [0.25, 0.3) is 0 Å². The molecular weight excluding hydrogens is 156 g/mol. The van der Waals surface area contributed by atoms with Gasteiger partial charge in [0.05, 0.1) is 0 Å². The summed E-state index contributed by atoms with van der Waals surface area (Å²) < 4.78 is 0. The van der Waals surface area contributed by atoms with E-state index in [4.69, 9.17) is 0 Å². The lowest BCUT2D eigenvalue weighted by atomic mass is 10.2. The molecule has 2 nitrogen and oxygen atoms in total. The Bertz CT molecular complexity index is 92.1. The molecule has 1 fully saturated rings. The predicted octanol–water partition coefficient (Wildman–Crippen LogP) is 0.648. The van der Waals surface area contributed by atoms with E-state index in [9.17, 15) is 0 Å². The molecule has 0 bridgehead atoms. The summed E-state index contributed by atoms with van der Waals surface area (Å²) in [6.07, 6.45) is 3.86. The average molecular weight is 174 g/mol. The van der Waals surface area contributed by atoms with Crippen LogP contribution in [0.25, 0.3) is 0 Å². The van der Waals surface area contributed by atoms with Crippen LogP contribution in [0.3, 0.4) is 0 Å². The van der Waals surface area contributed by atoms with Crippen molar-refractivity contribution >= 4 is 12.6 Å². The van der Waals surface area contributed by atoms with Crippen molar-refractivity contribution in [3.63, 3.8) is 0 Å². The molecule has 1 heterocycles. The quantitative estimate of drug-likeness (QED) is 0.421. The zero-order valence-corrected chi connectivity index (χ0v) is 7.87. The number of hydrogen-bond donors (Lipinski definition) is 3. The second-order valence-corrected chi connectivity index (χ2v) is 3.52. The Morgan fingerprint density at radius 1 is 1.55 bits per heavy atom. The first kappa shape index (κ1) is 9.36. The second kappa shape index (κ2) is 5.86. The molecule has 66 valence electrons. The van der Waals surface area contributed by atoms with Gasteiger partial charge in [0.2, 0.25) is 0 Å². The minimum atomic E-state index is 0.731. The van der Waals surface area contributed by atoms with Crippen LogP contribution in [-0.2, 0) is 0 Å². The molecule has 0 aliphatic carbocycles. The lowest BCUT2D eigenvalue weighted by Gasteiger charge is -2.10. The predicted molar refractivity (Wildman–Crippen MR) is 52.4 cm³/mol. The van der Waals surface area contributed by atoms with Gasteiger partial charge in [-0.2, -0.15) is 12.6 Å². The standard InChI is InChI=1S/C8H18N2S/c11-6-2-4-9-7-8-3-1-5-10-8/h8-11H,1-7H2. The fourth-order valence-corrected chi connectivity index (χ4v) is 1.57. The number of nitrogens with one attached hydrogen (secondary N) is 2. The smallest absolute Gasteiger partial charge is 0.0192 e. The van der Waals surface area contributed by atoms with E-state index >= 15 is 0 Å². The van der Waals surface area contributed by atoms with Crippen LogP contribution in [0.4, 0.5) is 0 Å². The fourth-order valence-electron chi connectivity index (χ4n) is 1.41. The summed E-state index contributed by atoms with van der Waals surface area (Å²) in [5, 5.41) is 6.87. The second-order valence-electron chi connectivity index (χ2n) is 3.07. The maximum atomic E-state index is 4.15. The van der Waals surface area contributed by atoms with E-state index in [-0.39, 0.29) is 0 Å². The van der Waals surface area contributed by atoms with Gasteiger partial charge in [-0.3, -0.25) is 0 Å². The molecule has 0 radical (unpaired) electrons. The maximum absolute atomic E-state index is 4.15. The monoisotopic (exact) mass is 174 g/mol. The highest BCUT2D eigenvalue weighted by molar-refractivity contribution is 7.80. The molecule has 0 amide bonds. The minimum Gasteiger partial charge on any atom is -0.315 e.